The Morgan fingerprint density at radius 1 is 0.926 bits per heavy atom. The van der Waals surface area contributed by atoms with E-state index in [0.29, 0.717) is 6.61 Å². The molecular formula is C18H22N2O5S2. The molecule has 1 heterocycles. The maximum absolute atomic E-state index is 12.4. The van der Waals surface area contributed by atoms with Crippen LogP contribution in [0.4, 0.5) is 5.69 Å². The van der Waals surface area contributed by atoms with Crippen LogP contribution in [-0.2, 0) is 24.8 Å². The molecule has 2 N–H and O–H groups in total. The van der Waals surface area contributed by atoms with Crippen LogP contribution in [0.25, 0.3) is 0 Å². The average Bonchev–Trinajstić information content (AvgIpc) is 3.14. The molecule has 1 fully saturated rings. The molecular weight excluding hydrogens is 388 g/mol. The molecule has 9 heteroatoms. The lowest BCUT2D eigenvalue weighted by Crippen LogP contribution is -2.31. The van der Waals surface area contributed by atoms with Crippen LogP contribution >= 0.6 is 0 Å². The number of ether oxygens (including phenoxy) is 1. The topological polar surface area (TPSA) is 102 Å². The molecule has 0 saturated carbocycles. The Morgan fingerprint density at radius 3 is 2.11 bits per heavy atom. The van der Waals surface area contributed by atoms with Crippen LogP contribution in [-0.4, -0.2) is 36.1 Å². The van der Waals surface area contributed by atoms with Gasteiger partial charge in [-0.25, -0.2) is 21.6 Å². The van der Waals surface area contributed by atoms with E-state index in [2.05, 4.69) is 9.44 Å². The molecule has 1 aliphatic rings. The summed E-state index contributed by atoms with van der Waals surface area (Å²) >= 11 is 0. The molecule has 0 amide bonds. The first kappa shape index (κ1) is 19.8. The van der Waals surface area contributed by atoms with Crippen LogP contribution < -0.4 is 9.44 Å². The van der Waals surface area contributed by atoms with E-state index in [1.54, 1.807) is 12.1 Å². The predicted octanol–water partition coefficient (Wildman–Crippen LogP) is 2.25. The second-order valence-electron chi connectivity index (χ2n) is 6.43. The van der Waals surface area contributed by atoms with Gasteiger partial charge in [0, 0.05) is 18.8 Å². The second-order valence-corrected chi connectivity index (χ2v) is 9.88. The number of anilines is 1. The smallest absolute Gasteiger partial charge is 0.261 e. The second kappa shape index (κ2) is 7.97. The first-order valence-corrected chi connectivity index (χ1v) is 11.5. The van der Waals surface area contributed by atoms with Gasteiger partial charge in [0.05, 0.1) is 15.9 Å². The van der Waals surface area contributed by atoms with Crippen molar-refractivity contribution in [1.29, 1.82) is 0 Å². The van der Waals surface area contributed by atoms with E-state index < -0.39 is 20.0 Å². The molecule has 27 heavy (non-hydrogen) atoms. The Kier molecular flexibility index (Phi) is 5.85. The summed E-state index contributed by atoms with van der Waals surface area (Å²) in [5.41, 5.74) is 1.24. The van der Waals surface area contributed by atoms with Crippen LogP contribution in [0.15, 0.2) is 58.3 Å². The number of aryl methyl sites for hydroxylation is 1. The molecule has 0 aliphatic carbocycles. The standard InChI is InChI=1S/C18H22N2O5S2/c1-14-4-8-18(9-5-14)27(23,24)20-15-6-10-17(11-7-15)26(21,22)19-13-16-3-2-12-25-16/h4-11,16,19-20H,2-3,12-13H2,1H3/t16-/m1/s1. The van der Waals surface area contributed by atoms with E-state index in [0.717, 1.165) is 18.4 Å². The molecule has 0 spiro atoms. The molecule has 0 bridgehead atoms. The summed E-state index contributed by atoms with van der Waals surface area (Å²) in [4.78, 5) is 0.210. The lowest BCUT2D eigenvalue weighted by molar-refractivity contribution is 0.114. The summed E-state index contributed by atoms with van der Waals surface area (Å²) in [5.74, 6) is 0. The van der Waals surface area contributed by atoms with Crippen molar-refractivity contribution in [3.05, 3.63) is 54.1 Å². The Labute approximate surface area is 159 Å². The molecule has 0 unspecified atom stereocenters. The Hall–Kier alpha value is -1.94. The zero-order chi connectivity index (χ0) is 19.5. The predicted molar refractivity (Wildman–Crippen MR) is 103 cm³/mol. The Bertz CT molecular complexity index is 979. The number of nitrogens with one attached hydrogen (secondary N) is 2. The fraction of sp³-hybridized carbons (Fsp3) is 0.333. The highest BCUT2D eigenvalue weighted by Gasteiger charge is 2.20. The van der Waals surface area contributed by atoms with Crippen molar-refractivity contribution >= 4 is 25.7 Å². The highest BCUT2D eigenvalue weighted by atomic mass is 32.2. The highest BCUT2D eigenvalue weighted by Crippen LogP contribution is 2.19. The third-order valence-electron chi connectivity index (χ3n) is 4.27. The summed E-state index contributed by atoms with van der Waals surface area (Å²) in [6, 6.07) is 12.0. The molecule has 1 saturated heterocycles. The number of sulfonamides is 2. The van der Waals surface area contributed by atoms with Gasteiger partial charge in [-0.15, -0.1) is 0 Å². The number of hydrogen-bond donors (Lipinski definition) is 2. The quantitative estimate of drug-likeness (QED) is 0.729. The summed E-state index contributed by atoms with van der Waals surface area (Å²) in [6.45, 7) is 2.75. The van der Waals surface area contributed by atoms with Crippen molar-refractivity contribution < 1.29 is 21.6 Å². The number of benzene rings is 2. The maximum Gasteiger partial charge on any atom is 0.261 e. The lowest BCUT2D eigenvalue weighted by Gasteiger charge is -2.12. The van der Waals surface area contributed by atoms with E-state index in [9.17, 15) is 16.8 Å². The van der Waals surface area contributed by atoms with E-state index in [1.807, 2.05) is 6.92 Å². The summed E-state index contributed by atoms with van der Waals surface area (Å²) in [7, 11) is -7.40. The van der Waals surface area contributed by atoms with Crippen molar-refractivity contribution in [2.24, 2.45) is 0 Å². The van der Waals surface area contributed by atoms with E-state index in [-0.39, 0.29) is 28.1 Å². The van der Waals surface area contributed by atoms with Crippen LogP contribution in [0.5, 0.6) is 0 Å². The van der Waals surface area contributed by atoms with Gasteiger partial charge in [-0.2, -0.15) is 0 Å². The van der Waals surface area contributed by atoms with Crippen LogP contribution in [0.3, 0.4) is 0 Å². The van der Waals surface area contributed by atoms with Gasteiger partial charge in [-0.3, -0.25) is 4.72 Å². The molecule has 2 aromatic carbocycles. The fourth-order valence-corrected chi connectivity index (χ4v) is 4.85. The zero-order valence-corrected chi connectivity index (χ0v) is 16.5. The lowest BCUT2D eigenvalue weighted by atomic mass is 10.2. The normalized spacial score (nSPS) is 17.7. The van der Waals surface area contributed by atoms with Gasteiger partial charge in [-0.05, 0) is 56.2 Å². The molecule has 7 nitrogen and oxygen atoms in total. The Morgan fingerprint density at radius 2 is 1.52 bits per heavy atom. The van der Waals surface area contributed by atoms with Gasteiger partial charge >= 0.3 is 0 Å². The van der Waals surface area contributed by atoms with E-state index in [1.165, 1.54) is 36.4 Å². The van der Waals surface area contributed by atoms with Gasteiger partial charge in [0.1, 0.15) is 0 Å². The molecule has 3 rings (SSSR count). The molecule has 2 aromatic rings. The largest absolute Gasteiger partial charge is 0.377 e. The van der Waals surface area contributed by atoms with Crippen molar-refractivity contribution in [3.8, 4) is 0 Å². The first-order valence-electron chi connectivity index (χ1n) is 8.57. The average molecular weight is 411 g/mol. The zero-order valence-electron chi connectivity index (χ0n) is 14.9. The summed E-state index contributed by atoms with van der Waals surface area (Å²) in [6.07, 6.45) is 1.67. The SMILES string of the molecule is Cc1ccc(S(=O)(=O)Nc2ccc(S(=O)(=O)NC[C@H]3CCCO3)cc2)cc1. The van der Waals surface area contributed by atoms with E-state index >= 15 is 0 Å². The molecule has 0 aromatic heterocycles. The number of rotatable bonds is 7. The van der Waals surface area contributed by atoms with Crippen molar-refractivity contribution in [1.82, 2.24) is 4.72 Å². The summed E-state index contributed by atoms with van der Waals surface area (Å²) in [5, 5.41) is 0. The third kappa shape index (κ3) is 5.07. The minimum absolute atomic E-state index is 0.0683. The fourth-order valence-electron chi connectivity index (χ4n) is 2.72. The van der Waals surface area contributed by atoms with Crippen LogP contribution in [0, 0.1) is 6.92 Å². The van der Waals surface area contributed by atoms with Crippen molar-refractivity contribution in [2.75, 3.05) is 17.9 Å². The van der Waals surface area contributed by atoms with Gasteiger partial charge in [0.2, 0.25) is 10.0 Å². The monoisotopic (exact) mass is 410 g/mol. The molecule has 1 aliphatic heterocycles. The van der Waals surface area contributed by atoms with Crippen molar-refractivity contribution in [3.63, 3.8) is 0 Å². The molecule has 146 valence electrons. The highest BCUT2D eigenvalue weighted by molar-refractivity contribution is 7.92. The third-order valence-corrected chi connectivity index (χ3v) is 7.11. The molecule has 1 atom stereocenters. The van der Waals surface area contributed by atoms with E-state index in [4.69, 9.17) is 4.74 Å². The maximum atomic E-state index is 12.4. The minimum atomic E-state index is -3.73. The molecule has 0 radical (unpaired) electrons. The van der Waals surface area contributed by atoms with Gasteiger partial charge < -0.3 is 4.74 Å². The minimum Gasteiger partial charge on any atom is -0.377 e. The van der Waals surface area contributed by atoms with Crippen LogP contribution in [0.1, 0.15) is 18.4 Å². The van der Waals surface area contributed by atoms with Gasteiger partial charge in [0.25, 0.3) is 10.0 Å². The summed E-state index contributed by atoms with van der Waals surface area (Å²) < 4.78 is 59.8. The van der Waals surface area contributed by atoms with Crippen molar-refractivity contribution in [2.45, 2.75) is 35.7 Å². The van der Waals surface area contributed by atoms with Crippen LogP contribution in [0.2, 0.25) is 0 Å². The van der Waals surface area contributed by atoms with Gasteiger partial charge in [0.15, 0.2) is 0 Å². The Balaban J connectivity index is 1.68. The first-order chi connectivity index (χ1) is 12.8. The number of hydrogen-bond acceptors (Lipinski definition) is 5. The van der Waals surface area contributed by atoms with Gasteiger partial charge in [-0.1, -0.05) is 17.7 Å².